The number of ether oxygens (including phenoxy) is 1. The molecular formula is C14H12BrClN2O2. The number of aryl methyl sites for hydroxylation is 1. The fourth-order valence-electron chi connectivity index (χ4n) is 1.65. The first-order valence-electron chi connectivity index (χ1n) is 5.72. The molecule has 0 aliphatic carbocycles. The van der Waals surface area contributed by atoms with Crippen LogP contribution in [0.5, 0.6) is 11.5 Å². The number of benzene rings is 2. The number of amidine groups is 1. The molecule has 3 N–H and O–H groups in total. The monoisotopic (exact) mass is 354 g/mol. The van der Waals surface area contributed by atoms with Gasteiger partial charge in [-0.3, -0.25) is 0 Å². The Hall–Kier alpha value is -1.72. The Morgan fingerprint density at radius 1 is 1.25 bits per heavy atom. The fraction of sp³-hybridized carbons (Fsp3) is 0.0714. The van der Waals surface area contributed by atoms with Gasteiger partial charge in [0.15, 0.2) is 5.84 Å². The third kappa shape index (κ3) is 3.23. The first-order chi connectivity index (χ1) is 9.51. The van der Waals surface area contributed by atoms with Crippen LogP contribution in [0.2, 0.25) is 5.02 Å². The summed E-state index contributed by atoms with van der Waals surface area (Å²) in [6.45, 7) is 1.92. The van der Waals surface area contributed by atoms with Gasteiger partial charge in [-0.05, 0) is 42.8 Å². The molecule has 0 spiro atoms. The molecule has 0 aromatic heterocycles. The molecule has 2 aromatic rings. The molecule has 0 bridgehead atoms. The lowest BCUT2D eigenvalue weighted by molar-refractivity contribution is 0.318. The van der Waals surface area contributed by atoms with Crippen molar-refractivity contribution in [2.45, 2.75) is 6.92 Å². The quantitative estimate of drug-likeness (QED) is 0.373. The number of hydrogen-bond acceptors (Lipinski definition) is 3. The number of rotatable bonds is 3. The van der Waals surface area contributed by atoms with Gasteiger partial charge in [0.25, 0.3) is 0 Å². The minimum atomic E-state index is -0.0221. The van der Waals surface area contributed by atoms with E-state index in [1.807, 2.05) is 19.1 Å². The lowest BCUT2D eigenvalue weighted by atomic mass is 10.1. The Bertz CT molecular complexity index is 674. The van der Waals surface area contributed by atoms with E-state index < -0.39 is 0 Å². The summed E-state index contributed by atoms with van der Waals surface area (Å²) in [5, 5.41) is 12.3. The van der Waals surface area contributed by atoms with Crippen LogP contribution >= 0.6 is 27.5 Å². The van der Waals surface area contributed by atoms with Gasteiger partial charge in [-0.15, -0.1) is 0 Å². The minimum Gasteiger partial charge on any atom is -0.455 e. The summed E-state index contributed by atoms with van der Waals surface area (Å²) in [4.78, 5) is 0. The fourth-order valence-corrected chi connectivity index (χ4v) is 2.15. The third-order valence-electron chi connectivity index (χ3n) is 2.63. The van der Waals surface area contributed by atoms with E-state index in [4.69, 9.17) is 27.3 Å². The van der Waals surface area contributed by atoms with Gasteiger partial charge in [0.1, 0.15) is 11.5 Å². The highest BCUT2D eigenvalue weighted by Crippen LogP contribution is 2.33. The number of halogens is 2. The van der Waals surface area contributed by atoms with Crippen LogP contribution in [0.15, 0.2) is 46.0 Å². The van der Waals surface area contributed by atoms with E-state index in [0.717, 1.165) is 10.0 Å². The minimum absolute atomic E-state index is 0.0221. The molecule has 0 fully saturated rings. The summed E-state index contributed by atoms with van der Waals surface area (Å²) in [5.74, 6) is 0.935. The van der Waals surface area contributed by atoms with Crippen LogP contribution in [-0.4, -0.2) is 11.0 Å². The Morgan fingerprint density at radius 2 is 2.00 bits per heavy atom. The maximum atomic E-state index is 8.82. The van der Waals surface area contributed by atoms with Crippen molar-refractivity contribution in [3.8, 4) is 11.5 Å². The maximum absolute atomic E-state index is 8.82. The average Bonchev–Trinajstić information content (AvgIpc) is 2.42. The second-order valence-corrected chi connectivity index (χ2v) is 5.48. The van der Waals surface area contributed by atoms with Crippen LogP contribution in [0.4, 0.5) is 0 Å². The largest absolute Gasteiger partial charge is 0.455 e. The highest BCUT2D eigenvalue weighted by atomic mass is 79.9. The summed E-state index contributed by atoms with van der Waals surface area (Å²) >= 11 is 9.45. The average molecular weight is 356 g/mol. The van der Waals surface area contributed by atoms with Crippen LogP contribution in [0.3, 0.4) is 0 Å². The zero-order valence-corrected chi connectivity index (χ0v) is 12.9. The maximum Gasteiger partial charge on any atom is 0.173 e. The Balaban J connectivity index is 2.47. The predicted octanol–water partition coefficient (Wildman–Crippen LogP) is 4.30. The van der Waals surface area contributed by atoms with Crippen LogP contribution < -0.4 is 10.5 Å². The molecule has 0 saturated heterocycles. The van der Waals surface area contributed by atoms with Crippen molar-refractivity contribution in [3.63, 3.8) is 0 Å². The zero-order chi connectivity index (χ0) is 14.7. The number of nitrogens with two attached hydrogens (primary N) is 1. The van der Waals surface area contributed by atoms with E-state index in [-0.39, 0.29) is 5.84 Å². The second-order valence-electron chi connectivity index (χ2n) is 4.16. The first-order valence-corrected chi connectivity index (χ1v) is 6.90. The Labute approximate surface area is 129 Å². The molecule has 0 saturated carbocycles. The molecule has 2 rings (SSSR count). The van der Waals surface area contributed by atoms with Gasteiger partial charge in [-0.2, -0.15) is 0 Å². The molecule has 20 heavy (non-hydrogen) atoms. The van der Waals surface area contributed by atoms with E-state index in [0.29, 0.717) is 22.1 Å². The molecule has 6 heteroatoms. The highest BCUT2D eigenvalue weighted by Gasteiger charge is 2.12. The molecule has 0 aliphatic heterocycles. The summed E-state index contributed by atoms with van der Waals surface area (Å²) in [5.41, 5.74) is 7.13. The zero-order valence-electron chi connectivity index (χ0n) is 10.6. The second kappa shape index (κ2) is 6.15. The van der Waals surface area contributed by atoms with Crippen molar-refractivity contribution in [3.05, 3.63) is 57.0 Å². The van der Waals surface area contributed by atoms with Gasteiger partial charge in [0.2, 0.25) is 0 Å². The standard InChI is InChI=1S/C14H12BrClN2O2/c1-8-2-4-10(14(17)18-19)12(6-8)20-13-7-9(15)3-5-11(13)16/h2-7,19H,1H3,(H2,17,18). The molecule has 0 atom stereocenters. The molecule has 0 aliphatic rings. The molecule has 4 nitrogen and oxygen atoms in total. The van der Waals surface area contributed by atoms with Crippen molar-refractivity contribution < 1.29 is 9.94 Å². The van der Waals surface area contributed by atoms with Gasteiger partial charge < -0.3 is 15.7 Å². The molecule has 0 amide bonds. The lowest BCUT2D eigenvalue weighted by Crippen LogP contribution is -2.14. The van der Waals surface area contributed by atoms with Crippen LogP contribution in [0.25, 0.3) is 0 Å². The van der Waals surface area contributed by atoms with Crippen molar-refractivity contribution >= 4 is 33.4 Å². The number of hydrogen-bond donors (Lipinski definition) is 2. The van der Waals surface area contributed by atoms with Gasteiger partial charge >= 0.3 is 0 Å². The topological polar surface area (TPSA) is 67.8 Å². The summed E-state index contributed by atoms with van der Waals surface area (Å²) < 4.78 is 6.63. The molecule has 0 heterocycles. The Kier molecular flexibility index (Phi) is 4.52. The Morgan fingerprint density at radius 3 is 2.70 bits per heavy atom. The van der Waals surface area contributed by atoms with Crippen LogP contribution in [0.1, 0.15) is 11.1 Å². The molecular weight excluding hydrogens is 344 g/mol. The van der Waals surface area contributed by atoms with Crippen molar-refractivity contribution in [1.29, 1.82) is 0 Å². The van der Waals surface area contributed by atoms with Crippen LogP contribution in [-0.2, 0) is 0 Å². The number of nitrogens with zero attached hydrogens (tertiary/aromatic N) is 1. The van der Waals surface area contributed by atoms with E-state index in [9.17, 15) is 0 Å². The van der Waals surface area contributed by atoms with E-state index in [2.05, 4.69) is 21.1 Å². The molecule has 0 unspecified atom stereocenters. The SMILES string of the molecule is Cc1ccc(C(N)=NO)c(Oc2cc(Br)ccc2Cl)c1. The van der Waals surface area contributed by atoms with Crippen LogP contribution in [0, 0.1) is 6.92 Å². The summed E-state index contributed by atoms with van der Waals surface area (Å²) in [6, 6.07) is 10.7. The molecule has 0 radical (unpaired) electrons. The first kappa shape index (κ1) is 14.7. The van der Waals surface area contributed by atoms with E-state index >= 15 is 0 Å². The van der Waals surface area contributed by atoms with Gasteiger partial charge in [0.05, 0.1) is 10.6 Å². The predicted molar refractivity (Wildman–Crippen MR) is 82.9 cm³/mol. The summed E-state index contributed by atoms with van der Waals surface area (Å²) in [7, 11) is 0. The van der Waals surface area contributed by atoms with Crippen molar-refractivity contribution in [1.82, 2.24) is 0 Å². The van der Waals surface area contributed by atoms with Gasteiger partial charge in [-0.25, -0.2) is 0 Å². The van der Waals surface area contributed by atoms with E-state index in [1.54, 1.807) is 24.3 Å². The van der Waals surface area contributed by atoms with Gasteiger partial charge in [0, 0.05) is 4.47 Å². The van der Waals surface area contributed by atoms with Gasteiger partial charge in [-0.1, -0.05) is 38.8 Å². The van der Waals surface area contributed by atoms with Crippen molar-refractivity contribution in [2.24, 2.45) is 10.9 Å². The molecule has 104 valence electrons. The van der Waals surface area contributed by atoms with E-state index in [1.165, 1.54) is 0 Å². The molecule has 2 aromatic carbocycles. The lowest BCUT2D eigenvalue weighted by Gasteiger charge is -2.12. The summed E-state index contributed by atoms with van der Waals surface area (Å²) in [6.07, 6.45) is 0. The third-order valence-corrected chi connectivity index (χ3v) is 3.44. The number of oxime groups is 1. The normalized spacial score (nSPS) is 11.4. The smallest absolute Gasteiger partial charge is 0.173 e. The van der Waals surface area contributed by atoms with Crippen molar-refractivity contribution in [2.75, 3.05) is 0 Å². The highest BCUT2D eigenvalue weighted by molar-refractivity contribution is 9.10.